The van der Waals surface area contributed by atoms with Crippen LogP contribution in [0.4, 0.5) is 5.82 Å². The van der Waals surface area contributed by atoms with Crippen LogP contribution in [0.5, 0.6) is 0 Å². The fourth-order valence-corrected chi connectivity index (χ4v) is 0.959. The molecule has 0 unspecified atom stereocenters. The van der Waals surface area contributed by atoms with E-state index in [4.69, 9.17) is 16.9 Å². The predicted molar refractivity (Wildman–Crippen MR) is 55.0 cm³/mol. The zero-order chi connectivity index (χ0) is 10.4. The van der Waals surface area contributed by atoms with E-state index < -0.39 is 0 Å². The Labute approximate surface area is 86.4 Å². The van der Waals surface area contributed by atoms with Crippen molar-refractivity contribution in [2.75, 3.05) is 12.4 Å². The summed E-state index contributed by atoms with van der Waals surface area (Å²) >= 11 is 5.67. The number of hydrogen-bond donors (Lipinski definition) is 2. The smallest absolute Gasteiger partial charge is 0.210 e. The number of nitriles is 1. The molecule has 0 amide bonds. The van der Waals surface area contributed by atoms with Crippen molar-refractivity contribution in [2.24, 2.45) is 4.99 Å². The molecule has 0 saturated carbocycles. The molecule has 1 aromatic heterocycles. The van der Waals surface area contributed by atoms with Crippen molar-refractivity contribution in [3.63, 3.8) is 0 Å². The van der Waals surface area contributed by atoms with Gasteiger partial charge in [-0.3, -0.25) is 10.3 Å². The van der Waals surface area contributed by atoms with Crippen LogP contribution in [-0.4, -0.2) is 18.0 Å². The molecular weight excluding hydrogens is 202 g/mol. The van der Waals surface area contributed by atoms with Gasteiger partial charge in [0.2, 0.25) is 5.96 Å². The number of hydrogen-bond acceptors (Lipinski definition) is 3. The molecule has 0 atom stereocenters. The molecule has 0 aromatic carbocycles. The second kappa shape index (κ2) is 5.04. The number of aromatic nitrogens is 1. The monoisotopic (exact) mass is 209 g/mol. The summed E-state index contributed by atoms with van der Waals surface area (Å²) in [5.41, 5.74) is 0. The van der Waals surface area contributed by atoms with Crippen molar-refractivity contribution in [1.82, 2.24) is 10.3 Å². The molecule has 2 N–H and O–H groups in total. The molecule has 0 aliphatic heterocycles. The number of nitrogens with one attached hydrogen (secondary N) is 2. The van der Waals surface area contributed by atoms with Crippen molar-refractivity contribution in [3.05, 3.63) is 23.4 Å². The molecule has 0 radical (unpaired) electrons. The molecule has 1 heterocycles. The van der Waals surface area contributed by atoms with E-state index in [1.54, 1.807) is 31.4 Å². The number of pyridine rings is 1. The maximum atomic E-state index is 8.37. The highest BCUT2D eigenvalue weighted by Gasteiger charge is 1.98. The maximum absolute atomic E-state index is 8.37. The Morgan fingerprint density at radius 1 is 1.64 bits per heavy atom. The zero-order valence-electron chi connectivity index (χ0n) is 7.45. The molecule has 72 valence electrons. The molecule has 6 heteroatoms. The average molecular weight is 210 g/mol. The van der Waals surface area contributed by atoms with Crippen LogP contribution in [0.2, 0.25) is 5.15 Å². The predicted octanol–water partition coefficient (Wildman–Crippen LogP) is 1.20. The lowest BCUT2D eigenvalue weighted by molar-refractivity contribution is 1.20. The zero-order valence-corrected chi connectivity index (χ0v) is 8.21. The lowest BCUT2D eigenvalue weighted by Crippen LogP contribution is -2.26. The summed E-state index contributed by atoms with van der Waals surface area (Å²) in [5, 5.41) is 13.9. The molecule has 0 aliphatic carbocycles. The van der Waals surface area contributed by atoms with Gasteiger partial charge < -0.3 is 5.32 Å². The van der Waals surface area contributed by atoms with Gasteiger partial charge in [0.25, 0.3) is 0 Å². The molecule has 0 saturated heterocycles. The highest BCUT2D eigenvalue weighted by atomic mass is 35.5. The summed E-state index contributed by atoms with van der Waals surface area (Å²) in [7, 11) is 1.55. The number of anilines is 1. The Balaban J connectivity index is 2.73. The van der Waals surface area contributed by atoms with Crippen LogP contribution in [-0.2, 0) is 0 Å². The van der Waals surface area contributed by atoms with E-state index in [0.717, 1.165) is 0 Å². The Kier molecular flexibility index (Phi) is 3.70. The topological polar surface area (TPSA) is 73.1 Å². The number of aliphatic imine (C=N–C) groups is 1. The van der Waals surface area contributed by atoms with Crippen molar-refractivity contribution in [2.45, 2.75) is 0 Å². The molecule has 0 bridgehead atoms. The SMILES string of the molecule is CN=C(NC#N)Nc1cccc(Cl)n1. The van der Waals surface area contributed by atoms with Gasteiger partial charge in [0.1, 0.15) is 11.0 Å². The van der Waals surface area contributed by atoms with Crippen LogP contribution in [0, 0.1) is 11.5 Å². The van der Waals surface area contributed by atoms with Gasteiger partial charge in [-0.2, -0.15) is 5.26 Å². The van der Waals surface area contributed by atoms with Crippen molar-refractivity contribution >= 4 is 23.4 Å². The van der Waals surface area contributed by atoms with Crippen LogP contribution in [0.25, 0.3) is 0 Å². The van der Waals surface area contributed by atoms with Crippen LogP contribution in [0.3, 0.4) is 0 Å². The molecule has 1 aromatic rings. The van der Waals surface area contributed by atoms with Gasteiger partial charge in [0, 0.05) is 7.05 Å². The van der Waals surface area contributed by atoms with Gasteiger partial charge in [-0.15, -0.1) is 0 Å². The summed E-state index contributed by atoms with van der Waals surface area (Å²) in [6.45, 7) is 0. The average Bonchev–Trinajstić information content (AvgIpc) is 2.17. The molecule has 0 aliphatic rings. The number of rotatable bonds is 1. The summed E-state index contributed by atoms with van der Waals surface area (Å²) in [4.78, 5) is 7.76. The van der Waals surface area contributed by atoms with E-state index in [9.17, 15) is 0 Å². The fraction of sp³-hybridized carbons (Fsp3) is 0.125. The van der Waals surface area contributed by atoms with Gasteiger partial charge in [0.15, 0.2) is 6.19 Å². The largest absolute Gasteiger partial charge is 0.310 e. The second-order valence-electron chi connectivity index (χ2n) is 2.28. The number of halogens is 1. The summed E-state index contributed by atoms with van der Waals surface area (Å²) in [5.74, 6) is 0.850. The van der Waals surface area contributed by atoms with Gasteiger partial charge in [0.05, 0.1) is 0 Å². The van der Waals surface area contributed by atoms with Crippen molar-refractivity contribution < 1.29 is 0 Å². The molecular formula is C8H8ClN5. The van der Waals surface area contributed by atoms with E-state index in [0.29, 0.717) is 16.9 Å². The van der Waals surface area contributed by atoms with Gasteiger partial charge in [-0.1, -0.05) is 17.7 Å². The lowest BCUT2D eigenvalue weighted by atomic mass is 10.5. The van der Waals surface area contributed by atoms with E-state index in [1.807, 2.05) is 0 Å². The first-order chi connectivity index (χ1) is 6.76. The summed E-state index contributed by atoms with van der Waals surface area (Å²) in [6.07, 6.45) is 1.75. The Bertz CT molecular complexity index is 382. The minimum atomic E-state index is 0.322. The van der Waals surface area contributed by atoms with Crippen molar-refractivity contribution in [1.29, 1.82) is 5.26 Å². The van der Waals surface area contributed by atoms with E-state index in [2.05, 4.69) is 20.6 Å². The third kappa shape index (κ3) is 2.92. The lowest BCUT2D eigenvalue weighted by Gasteiger charge is -2.05. The normalized spacial score (nSPS) is 10.5. The molecule has 5 nitrogen and oxygen atoms in total. The quantitative estimate of drug-likeness (QED) is 0.240. The van der Waals surface area contributed by atoms with Gasteiger partial charge in [-0.05, 0) is 12.1 Å². The molecule has 0 spiro atoms. The summed E-state index contributed by atoms with van der Waals surface area (Å²) < 4.78 is 0. The number of nitrogens with zero attached hydrogens (tertiary/aromatic N) is 3. The van der Waals surface area contributed by atoms with E-state index in [1.165, 1.54) is 0 Å². The minimum absolute atomic E-state index is 0.322. The van der Waals surface area contributed by atoms with Crippen LogP contribution in [0.15, 0.2) is 23.2 Å². The Morgan fingerprint density at radius 2 is 2.43 bits per heavy atom. The first-order valence-corrected chi connectivity index (χ1v) is 4.15. The maximum Gasteiger partial charge on any atom is 0.210 e. The van der Waals surface area contributed by atoms with Crippen LogP contribution in [0.1, 0.15) is 0 Å². The molecule has 1 rings (SSSR count). The van der Waals surface area contributed by atoms with Crippen LogP contribution >= 0.6 is 11.6 Å². The highest BCUT2D eigenvalue weighted by molar-refractivity contribution is 6.29. The standard InChI is InChI=1S/C8H8ClN5/c1-11-8(12-5-10)14-7-4-2-3-6(9)13-7/h2-4H,1H3,(H2,11,12,13,14). The van der Waals surface area contributed by atoms with Crippen molar-refractivity contribution in [3.8, 4) is 6.19 Å². The van der Waals surface area contributed by atoms with Crippen LogP contribution < -0.4 is 10.6 Å². The summed E-state index contributed by atoms with van der Waals surface area (Å²) in [6, 6.07) is 5.13. The minimum Gasteiger partial charge on any atom is -0.310 e. The van der Waals surface area contributed by atoms with Gasteiger partial charge in [-0.25, -0.2) is 4.98 Å². The first-order valence-electron chi connectivity index (χ1n) is 3.77. The van der Waals surface area contributed by atoms with E-state index in [-0.39, 0.29) is 0 Å². The second-order valence-corrected chi connectivity index (χ2v) is 2.67. The highest BCUT2D eigenvalue weighted by Crippen LogP contribution is 2.08. The van der Waals surface area contributed by atoms with Gasteiger partial charge >= 0.3 is 0 Å². The number of guanidine groups is 1. The third-order valence-corrected chi connectivity index (χ3v) is 1.57. The Morgan fingerprint density at radius 3 is 3.00 bits per heavy atom. The first kappa shape index (κ1) is 10.3. The fourth-order valence-electron chi connectivity index (χ4n) is 0.795. The molecule has 0 fully saturated rings. The van der Waals surface area contributed by atoms with E-state index >= 15 is 0 Å². The third-order valence-electron chi connectivity index (χ3n) is 1.36. The Hall–Kier alpha value is -1.80. The molecule has 14 heavy (non-hydrogen) atoms.